The summed E-state index contributed by atoms with van der Waals surface area (Å²) < 4.78 is 25.7. The van der Waals surface area contributed by atoms with Gasteiger partial charge >= 0.3 is 6.09 Å². The molecule has 1 heterocycles. The Balaban J connectivity index is 3.20. The van der Waals surface area contributed by atoms with Gasteiger partial charge < -0.3 is 10.0 Å². The number of rotatable bonds is 2. The first-order chi connectivity index (χ1) is 7.70. The number of hydrogen-bond donors (Lipinski definition) is 1. The minimum atomic E-state index is -2.90. The van der Waals surface area contributed by atoms with Crippen molar-refractivity contribution in [1.82, 2.24) is 9.80 Å². The molecule has 1 aliphatic rings. The van der Waals surface area contributed by atoms with Gasteiger partial charge in [0, 0.05) is 26.8 Å². The highest BCUT2D eigenvalue weighted by atomic mass is 19.3. The molecule has 1 amide bonds. The molecule has 5 nitrogen and oxygen atoms in total. The Bertz CT molecular complexity index is 382. The molecule has 0 aromatic carbocycles. The smallest absolute Gasteiger partial charge is 0.412 e. The lowest BCUT2D eigenvalue weighted by atomic mass is 9.88. The zero-order chi connectivity index (χ0) is 13.4. The van der Waals surface area contributed by atoms with Crippen LogP contribution in [-0.4, -0.2) is 53.8 Å². The molecule has 0 aliphatic carbocycles. The second-order valence-electron chi connectivity index (χ2n) is 4.39. The average molecular weight is 248 g/mol. The molecule has 0 bridgehead atoms. The van der Waals surface area contributed by atoms with E-state index >= 15 is 0 Å². The van der Waals surface area contributed by atoms with Crippen LogP contribution in [0.15, 0.2) is 11.9 Å². The van der Waals surface area contributed by atoms with Crippen LogP contribution in [0.1, 0.15) is 6.92 Å². The zero-order valence-corrected chi connectivity index (χ0v) is 9.78. The van der Waals surface area contributed by atoms with E-state index in [1.807, 2.05) is 0 Å². The lowest BCUT2D eigenvalue weighted by Crippen LogP contribution is -2.35. The Morgan fingerprint density at radius 3 is 2.47 bits per heavy atom. The third-order valence-corrected chi connectivity index (χ3v) is 2.62. The summed E-state index contributed by atoms with van der Waals surface area (Å²) >= 11 is 0. The molecule has 17 heavy (non-hydrogen) atoms. The minimum Gasteiger partial charge on any atom is -0.465 e. The average Bonchev–Trinajstić information content (AvgIpc) is 2.43. The molecule has 0 radical (unpaired) electrons. The van der Waals surface area contributed by atoms with E-state index in [-0.39, 0.29) is 5.70 Å². The number of likely N-dealkylation sites (tertiary alicyclic amines) is 1. The summed E-state index contributed by atoms with van der Waals surface area (Å²) in [6.07, 6.45) is -3.06. The van der Waals surface area contributed by atoms with Crippen LogP contribution < -0.4 is 0 Å². The number of carbonyl (C=O) groups excluding carboxylic acids is 1. The lowest BCUT2D eigenvalue weighted by Gasteiger charge is -2.19. The van der Waals surface area contributed by atoms with Gasteiger partial charge in [-0.25, -0.2) is 13.6 Å². The van der Waals surface area contributed by atoms with Gasteiger partial charge in [-0.2, -0.15) is 0 Å². The Hall–Kier alpha value is -1.66. The van der Waals surface area contributed by atoms with Crippen molar-refractivity contribution in [2.24, 2.45) is 5.41 Å². The predicted molar refractivity (Wildman–Crippen MR) is 55.6 cm³/mol. The molecule has 96 valence electrons. The number of halogens is 2. The minimum absolute atomic E-state index is 0.217. The second-order valence-corrected chi connectivity index (χ2v) is 4.39. The van der Waals surface area contributed by atoms with Crippen LogP contribution in [-0.2, 0) is 4.79 Å². The monoisotopic (exact) mass is 248 g/mol. The molecule has 1 fully saturated rings. The van der Waals surface area contributed by atoms with Crippen LogP contribution in [0, 0.1) is 5.41 Å². The van der Waals surface area contributed by atoms with Crippen molar-refractivity contribution in [3.8, 4) is 0 Å². The maximum absolute atomic E-state index is 12.8. The fraction of sp³-hybridized carbons (Fsp3) is 0.600. The second kappa shape index (κ2) is 4.31. The highest BCUT2D eigenvalue weighted by molar-refractivity contribution is 6.04. The summed E-state index contributed by atoms with van der Waals surface area (Å²) in [5, 5.41) is 8.90. The Labute approximate surface area is 97.3 Å². The number of hydrogen-bond acceptors (Lipinski definition) is 3. The van der Waals surface area contributed by atoms with E-state index in [0.717, 1.165) is 6.92 Å². The van der Waals surface area contributed by atoms with Gasteiger partial charge in [-0.1, -0.05) is 0 Å². The molecule has 0 aromatic heterocycles. The van der Waals surface area contributed by atoms with Crippen LogP contribution in [0.25, 0.3) is 0 Å². The third kappa shape index (κ3) is 2.22. The predicted octanol–water partition coefficient (Wildman–Crippen LogP) is 1.22. The number of alkyl halides is 2. The summed E-state index contributed by atoms with van der Waals surface area (Å²) in [5.74, 6) is -0.844. The Morgan fingerprint density at radius 2 is 2.12 bits per heavy atom. The molecule has 1 N–H and O–H groups in total. The summed E-state index contributed by atoms with van der Waals surface area (Å²) in [6.45, 7) is 0.560. The molecule has 1 unspecified atom stereocenters. The Morgan fingerprint density at radius 1 is 1.59 bits per heavy atom. The van der Waals surface area contributed by atoms with Crippen LogP contribution in [0.2, 0.25) is 0 Å². The fourth-order valence-corrected chi connectivity index (χ4v) is 1.61. The summed E-state index contributed by atoms with van der Waals surface area (Å²) in [6, 6.07) is 0. The first kappa shape index (κ1) is 13.4. The van der Waals surface area contributed by atoms with E-state index in [1.165, 1.54) is 11.1 Å². The molecule has 0 saturated carbocycles. The molecule has 1 aliphatic heterocycles. The molecular formula is C10H14F2N2O3. The van der Waals surface area contributed by atoms with E-state index in [4.69, 9.17) is 5.11 Å². The Kier molecular flexibility index (Phi) is 3.40. The summed E-state index contributed by atoms with van der Waals surface area (Å²) in [7, 11) is 3.16. The first-order valence-corrected chi connectivity index (χ1v) is 4.92. The number of carboxylic acid groups (broad SMARTS) is 1. The number of ketones is 1. The number of carbonyl (C=O) groups is 2. The van der Waals surface area contributed by atoms with Crippen molar-refractivity contribution in [2.75, 3.05) is 20.6 Å². The topological polar surface area (TPSA) is 60.9 Å². The van der Waals surface area contributed by atoms with E-state index < -0.39 is 30.3 Å². The number of amides is 1. The molecular weight excluding hydrogens is 234 g/mol. The van der Waals surface area contributed by atoms with E-state index in [1.54, 1.807) is 14.1 Å². The maximum Gasteiger partial charge on any atom is 0.412 e. The van der Waals surface area contributed by atoms with Gasteiger partial charge in [0.2, 0.25) is 0 Å². The van der Waals surface area contributed by atoms with Crippen molar-refractivity contribution in [1.29, 1.82) is 0 Å². The molecule has 7 heteroatoms. The van der Waals surface area contributed by atoms with E-state index in [0.29, 0.717) is 4.90 Å². The van der Waals surface area contributed by atoms with Gasteiger partial charge in [0.15, 0.2) is 5.78 Å². The van der Waals surface area contributed by atoms with Gasteiger partial charge in [-0.3, -0.25) is 9.69 Å². The van der Waals surface area contributed by atoms with Gasteiger partial charge in [0.25, 0.3) is 6.43 Å². The molecule has 1 rings (SSSR count). The van der Waals surface area contributed by atoms with Crippen LogP contribution in [0.5, 0.6) is 0 Å². The highest BCUT2D eigenvalue weighted by Gasteiger charge is 2.53. The lowest BCUT2D eigenvalue weighted by molar-refractivity contribution is -0.129. The zero-order valence-electron chi connectivity index (χ0n) is 9.78. The van der Waals surface area contributed by atoms with Gasteiger partial charge in [0.1, 0.15) is 11.1 Å². The largest absolute Gasteiger partial charge is 0.465 e. The summed E-state index contributed by atoms with van der Waals surface area (Å²) in [5.41, 5.74) is -2.18. The van der Waals surface area contributed by atoms with Gasteiger partial charge in [0.05, 0.1) is 0 Å². The SMILES string of the molecule is CN(C)/C=C1/C(=O)C(C)(C(F)F)CN1C(=O)O. The fourth-order valence-electron chi connectivity index (χ4n) is 1.61. The van der Waals surface area contributed by atoms with Gasteiger partial charge in [-0.05, 0) is 6.92 Å². The third-order valence-electron chi connectivity index (χ3n) is 2.62. The number of allylic oxidation sites excluding steroid dienone is 1. The van der Waals surface area contributed by atoms with Crippen molar-refractivity contribution in [2.45, 2.75) is 13.3 Å². The maximum atomic E-state index is 12.8. The van der Waals surface area contributed by atoms with Crippen molar-refractivity contribution < 1.29 is 23.5 Å². The van der Waals surface area contributed by atoms with E-state index in [9.17, 15) is 18.4 Å². The quantitative estimate of drug-likeness (QED) is 0.746. The summed E-state index contributed by atoms with van der Waals surface area (Å²) in [4.78, 5) is 24.9. The van der Waals surface area contributed by atoms with Crippen molar-refractivity contribution in [3.63, 3.8) is 0 Å². The normalized spacial score (nSPS) is 27.1. The molecule has 1 atom stereocenters. The molecule has 1 saturated heterocycles. The highest BCUT2D eigenvalue weighted by Crippen LogP contribution is 2.38. The number of Topliss-reactive ketones (excluding diaryl/α,β-unsaturated/α-hetero) is 1. The van der Waals surface area contributed by atoms with E-state index in [2.05, 4.69) is 0 Å². The van der Waals surface area contributed by atoms with Crippen LogP contribution >= 0.6 is 0 Å². The van der Waals surface area contributed by atoms with Gasteiger partial charge in [-0.15, -0.1) is 0 Å². The van der Waals surface area contributed by atoms with Crippen LogP contribution in [0.4, 0.5) is 13.6 Å². The molecule has 0 aromatic rings. The number of nitrogens with zero attached hydrogens (tertiary/aromatic N) is 2. The van der Waals surface area contributed by atoms with Crippen molar-refractivity contribution in [3.05, 3.63) is 11.9 Å². The standard InChI is InChI=1S/C10H14F2N2O3/c1-10(8(11)12)5-14(9(16)17)6(7(10)15)4-13(2)3/h4,8H,5H2,1-3H3,(H,16,17)/b6-4-. The molecule has 0 spiro atoms. The van der Waals surface area contributed by atoms with Crippen LogP contribution in [0.3, 0.4) is 0 Å². The van der Waals surface area contributed by atoms with Crippen molar-refractivity contribution >= 4 is 11.9 Å². The first-order valence-electron chi connectivity index (χ1n) is 4.92.